The number of nitrogen functional groups attached to an aromatic ring is 1. The molecule has 81 heavy (non-hydrogen) atoms. The highest BCUT2D eigenvalue weighted by Crippen LogP contribution is 2.42. The SMILES string of the molecule is CC1CC(C)CN(c2ccc(-c3ccccc3-c3nnn(C(c4ccccc4)(c4ccccc4)c4ccccc4)n3)cc2N)C1.Cc1ccc(NC(=O)Nc2cc(-c3ccccc3-c3nn[nH]n3)ccc2N2CC(C)CC(C)C2)cc1. The topological polar surface area (TPSA) is 172 Å². The van der Waals surface area contributed by atoms with Crippen LogP contribution < -0.4 is 26.2 Å². The van der Waals surface area contributed by atoms with Crippen LogP contribution in [0.3, 0.4) is 0 Å². The maximum Gasteiger partial charge on any atom is 0.323 e. The summed E-state index contributed by atoms with van der Waals surface area (Å²) in [5.74, 6) is 3.55. The standard InChI is InChI=1S/C39H38N6.C28H31N7O/c1-28-24-29(2)27-44(26-28)37-23-22-30(25-36(37)40)34-20-12-13-21-35(34)38-41-43-45(42-38)39(31-14-6-3-7-15-31,32-16-8-4-9-17-32)33-18-10-5-11-19-33;1-18-8-11-22(12-9-18)29-28(36)30-25-15-21(10-13-26(25)35-16-19(2)14-20(3)17-35)23-6-4-5-7-24(23)27-31-33-34-32-27/h3-23,25,28-29H,24,26-27,40H2,1-2H3;4-13,15,19-20H,14,16-17H2,1-3H3,(H2,29,30,36)(H,31,32,33,34). The number of carbonyl (C=O) groups excluding carboxylic acids is 1. The lowest BCUT2D eigenvalue weighted by Gasteiger charge is -2.37. The number of nitrogens with two attached hydrogens (primary N) is 1. The molecule has 12 rings (SSSR count). The van der Waals surface area contributed by atoms with Gasteiger partial charge in [0, 0.05) is 43.0 Å². The zero-order valence-corrected chi connectivity index (χ0v) is 46.6. The molecule has 2 fully saturated rings. The molecule has 8 aromatic carbocycles. The average Bonchev–Trinajstić information content (AvgIpc) is 4.29. The Kier molecular flexibility index (Phi) is 15.8. The van der Waals surface area contributed by atoms with Gasteiger partial charge in [-0.1, -0.05) is 197 Å². The minimum absolute atomic E-state index is 0.276. The molecule has 2 amide bonds. The maximum absolute atomic E-state index is 13.1. The van der Waals surface area contributed by atoms with Crippen LogP contribution in [0.15, 0.2) is 200 Å². The Morgan fingerprint density at radius 1 is 0.531 bits per heavy atom. The van der Waals surface area contributed by atoms with E-state index in [1.807, 2.05) is 91.9 Å². The fourth-order valence-corrected chi connectivity index (χ4v) is 12.2. The Morgan fingerprint density at radius 2 is 1.00 bits per heavy atom. The fourth-order valence-electron chi connectivity index (χ4n) is 12.2. The maximum atomic E-state index is 13.1. The number of urea groups is 1. The summed E-state index contributed by atoms with van der Waals surface area (Å²) in [6, 6.07) is 67.5. The molecule has 10 aromatic rings. The number of hydrogen-bond donors (Lipinski definition) is 4. The molecular formula is C67H69N13O. The van der Waals surface area contributed by atoms with Gasteiger partial charge in [-0.3, -0.25) is 0 Å². The molecule has 2 aliphatic heterocycles. The molecule has 0 radical (unpaired) electrons. The second kappa shape index (κ2) is 23.9. The molecule has 0 aliphatic carbocycles. The molecule has 2 aliphatic rings. The van der Waals surface area contributed by atoms with Crippen molar-refractivity contribution in [1.82, 2.24) is 40.8 Å². The van der Waals surface area contributed by atoms with Crippen LogP contribution in [-0.4, -0.2) is 73.0 Å². The first kappa shape index (κ1) is 53.6. The average molecular weight is 1070 g/mol. The number of aryl methyl sites for hydroxylation is 1. The molecule has 4 unspecified atom stereocenters. The predicted octanol–water partition coefficient (Wildman–Crippen LogP) is 13.9. The van der Waals surface area contributed by atoms with Gasteiger partial charge in [0.2, 0.25) is 11.6 Å². The van der Waals surface area contributed by atoms with Crippen molar-refractivity contribution >= 4 is 34.5 Å². The van der Waals surface area contributed by atoms with E-state index in [2.05, 4.69) is 184 Å². The van der Waals surface area contributed by atoms with E-state index in [1.165, 1.54) is 12.8 Å². The summed E-state index contributed by atoms with van der Waals surface area (Å²) in [5, 5.41) is 35.3. The highest BCUT2D eigenvalue weighted by atomic mass is 16.2. The first-order chi connectivity index (χ1) is 39.5. The third-order valence-corrected chi connectivity index (χ3v) is 15.6. The van der Waals surface area contributed by atoms with Gasteiger partial charge < -0.3 is 26.2 Å². The van der Waals surface area contributed by atoms with Crippen molar-refractivity contribution in [2.75, 3.05) is 52.3 Å². The number of benzene rings is 8. The van der Waals surface area contributed by atoms with Gasteiger partial charge in [0.25, 0.3) is 0 Å². The molecule has 0 bridgehead atoms. The zero-order chi connectivity index (χ0) is 55.9. The summed E-state index contributed by atoms with van der Waals surface area (Å²) in [7, 11) is 0. The Bertz CT molecular complexity index is 3580. The number of nitrogens with one attached hydrogen (secondary N) is 3. The first-order valence-electron chi connectivity index (χ1n) is 28.1. The Morgan fingerprint density at radius 3 is 1.51 bits per heavy atom. The molecule has 5 N–H and O–H groups in total. The third-order valence-electron chi connectivity index (χ3n) is 15.6. The smallest absolute Gasteiger partial charge is 0.323 e. The van der Waals surface area contributed by atoms with Crippen LogP contribution >= 0.6 is 0 Å². The molecule has 14 heteroatoms. The summed E-state index contributed by atoms with van der Waals surface area (Å²) < 4.78 is 0. The van der Waals surface area contributed by atoms with Gasteiger partial charge in [-0.15, -0.1) is 25.2 Å². The number of hydrogen-bond acceptors (Lipinski definition) is 10. The van der Waals surface area contributed by atoms with Crippen molar-refractivity contribution in [2.45, 2.75) is 53.0 Å². The zero-order valence-electron chi connectivity index (χ0n) is 46.6. The van der Waals surface area contributed by atoms with Crippen LogP contribution in [-0.2, 0) is 5.54 Å². The van der Waals surface area contributed by atoms with Crippen molar-refractivity contribution in [2.24, 2.45) is 23.7 Å². The van der Waals surface area contributed by atoms with E-state index in [9.17, 15) is 4.79 Å². The fraction of sp³-hybridized carbons (Fsp3) is 0.239. The number of rotatable bonds is 12. The summed E-state index contributed by atoms with van der Waals surface area (Å²) in [6.07, 6.45) is 2.47. The van der Waals surface area contributed by atoms with Crippen LogP contribution in [0.25, 0.3) is 45.0 Å². The minimum atomic E-state index is -0.835. The molecule has 2 aromatic heterocycles. The van der Waals surface area contributed by atoms with Gasteiger partial charge in [-0.05, 0) is 129 Å². The predicted molar refractivity (Wildman–Crippen MR) is 327 cm³/mol. The molecule has 2 saturated heterocycles. The number of carbonyl (C=O) groups is 1. The third kappa shape index (κ3) is 11.7. The van der Waals surface area contributed by atoms with Gasteiger partial charge in [-0.25, -0.2) is 4.79 Å². The van der Waals surface area contributed by atoms with Gasteiger partial charge in [-0.2, -0.15) is 5.21 Å². The molecule has 14 nitrogen and oxygen atoms in total. The first-order valence-corrected chi connectivity index (χ1v) is 28.1. The van der Waals surface area contributed by atoms with Crippen molar-refractivity contribution in [1.29, 1.82) is 0 Å². The van der Waals surface area contributed by atoms with E-state index in [0.717, 1.165) is 110 Å². The number of aromatic amines is 1. The molecule has 0 spiro atoms. The number of tetrazole rings is 2. The lowest BCUT2D eigenvalue weighted by Crippen LogP contribution is -2.39. The number of aromatic nitrogens is 8. The summed E-state index contributed by atoms with van der Waals surface area (Å²) >= 11 is 0. The summed E-state index contributed by atoms with van der Waals surface area (Å²) in [5.41, 5.74) is 20.4. The summed E-state index contributed by atoms with van der Waals surface area (Å²) in [4.78, 5) is 19.7. The second-order valence-electron chi connectivity index (χ2n) is 22.2. The molecule has 4 atom stereocenters. The number of piperidine rings is 2. The molecule has 408 valence electrons. The molecule has 4 heterocycles. The highest BCUT2D eigenvalue weighted by molar-refractivity contribution is 6.03. The van der Waals surface area contributed by atoms with Crippen molar-refractivity contribution in [3.05, 3.63) is 222 Å². The Labute approximate surface area is 474 Å². The summed E-state index contributed by atoms with van der Waals surface area (Å²) in [6.45, 7) is 15.2. The largest absolute Gasteiger partial charge is 0.397 e. The second-order valence-corrected chi connectivity index (χ2v) is 22.2. The number of nitrogens with zero attached hydrogens (tertiary/aromatic N) is 9. The minimum Gasteiger partial charge on any atom is -0.397 e. The quantitative estimate of drug-likeness (QED) is 0.0682. The number of anilines is 5. The van der Waals surface area contributed by atoms with Gasteiger partial charge in [0.15, 0.2) is 5.54 Å². The van der Waals surface area contributed by atoms with Crippen LogP contribution in [0.5, 0.6) is 0 Å². The van der Waals surface area contributed by atoms with E-state index in [1.54, 1.807) is 4.80 Å². The van der Waals surface area contributed by atoms with Gasteiger partial charge >= 0.3 is 6.03 Å². The monoisotopic (exact) mass is 1070 g/mol. The van der Waals surface area contributed by atoms with Crippen LogP contribution in [0.2, 0.25) is 0 Å². The van der Waals surface area contributed by atoms with Crippen LogP contribution in [0.1, 0.15) is 62.8 Å². The van der Waals surface area contributed by atoms with Crippen molar-refractivity contribution < 1.29 is 4.79 Å². The van der Waals surface area contributed by atoms with E-state index >= 15 is 0 Å². The van der Waals surface area contributed by atoms with E-state index in [-0.39, 0.29) is 6.03 Å². The van der Waals surface area contributed by atoms with Crippen molar-refractivity contribution in [3.8, 4) is 45.0 Å². The van der Waals surface area contributed by atoms with Crippen LogP contribution in [0.4, 0.5) is 33.2 Å². The van der Waals surface area contributed by atoms with Crippen LogP contribution in [0, 0.1) is 30.6 Å². The lowest BCUT2D eigenvalue weighted by atomic mass is 9.77. The van der Waals surface area contributed by atoms with Gasteiger partial charge in [0.1, 0.15) is 0 Å². The Hall–Kier alpha value is -9.43. The molecular weight excluding hydrogens is 1000 g/mol. The van der Waals surface area contributed by atoms with Crippen molar-refractivity contribution in [3.63, 3.8) is 0 Å². The van der Waals surface area contributed by atoms with E-state index in [0.29, 0.717) is 35.3 Å². The normalized spacial score (nSPS) is 17.2. The van der Waals surface area contributed by atoms with Gasteiger partial charge in [0.05, 0.1) is 22.7 Å². The number of amides is 2. The molecule has 0 saturated carbocycles. The number of H-pyrrole nitrogens is 1. The van der Waals surface area contributed by atoms with E-state index in [4.69, 9.17) is 21.1 Å². The van der Waals surface area contributed by atoms with E-state index < -0.39 is 5.54 Å². The highest BCUT2D eigenvalue weighted by Gasteiger charge is 2.41. The lowest BCUT2D eigenvalue weighted by molar-refractivity contribution is 0.262. The Balaban J connectivity index is 0.000000175.